The molecule has 0 unspecified atom stereocenters. The summed E-state index contributed by atoms with van der Waals surface area (Å²) in [4.78, 5) is 10.7. The second-order valence-corrected chi connectivity index (χ2v) is 4.49. The average Bonchev–Trinajstić information content (AvgIpc) is 2.60. The molecule has 18 heavy (non-hydrogen) atoms. The number of carboxylic acid groups (broad SMARTS) is 1. The molecule has 4 heteroatoms. The van der Waals surface area contributed by atoms with Gasteiger partial charge in [-0.2, -0.15) is 0 Å². The van der Waals surface area contributed by atoms with Crippen molar-refractivity contribution in [1.29, 1.82) is 0 Å². The number of aromatic nitrogens is 1. The van der Waals surface area contributed by atoms with Gasteiger partial charge in [-0.15, -0.1) is 0 Å². The SMILES string of the molecule is COc1cc(C)cc2cc(C)n(CCC(=O)O)c12. The van der Waals surface area contributed by atoms with Crippen molar-refractivity contribution in [2.45, 2.75) is 26.8 Å². The first-order chi connectivity index (χ1) is 8.52. The molecule has 2 rings (SSSR count). The molecule has 0 atom stereocenters. The van der Waals surface area contributed by atoms with Gasteiger partial charge in [0, 0.05) is 17.6 Å². The Balaban J connectivity index is 2.57. The first-order valence-electron chi connectivity index (χ1n) is 5.89. The number of nitrogens with zero attached hydrogens (tertiary/aromatic N) is 1. The summed E-state index contributed by atoms with van der Waals surface area (Å²) in [5.41, 5.74) is 3.16. The Morgan fingerprint density at radius 1 is 1.33 bits per heavy atom. The fourth-order valence-electron chi connectivity index (χ4n) is 2.30. The lowest BCUT2D eigenvalue weighted by Gasteiger charge is -2.10. The predicted octanol–water partition coefficient (Wildman–Crippen LogP) is 2.74. The number of benzene rings is 1. The third-order valence-corrected chi connectivity index (χ3v) is 3.08. The number of rotatable bonds is 4. The molecule has 1 heterocycles. The minimum absolute atomic E-state index is 0.113. The molecule has 0 fully saturated rings. The lowest BCUT2D eigenvalue weighted by Crippen LogP contribution is -2.06. The van der Waals surface area contributed by atoms with Crippen LogP contribution in [0.3, 0.4) is 0 Å². The van der Waals surface area contributed by atoms with Crippen LogP contribution < -0.4 is 4.74 Å². The summed E-state index contributed by atoms with van der Waals surface area (Å²) in [5.74, 6) is 0.00539. The maximum atomic E-state index is 10.7. The minimum atomic E-state index is -0.790. The van der Waals surface area contributed by atoms with E-state index in [4.69, 9.17) is 9.84 Å². The van der Waals surface area contributed by atoms with Crippen molar-refractivity contribution >= 4 is 16.9 Å². The fourth-order valence-corrected chi connectivity index (χ4v) is 2.30. The van der Waals surface area contributed by atoms with Gasteiger partial charge in [-0.25, -0.2) is 0 Å². The van der Waals surface area contributed by atoms with E-state index in [1.807, 2.05) is 24.5 Å². The largest absolute Gasteiger partial charge is 0.495 e. The number of hydrogen-bond acceptors (Lipinski definition) is 2. The summed E-state index contributed by atoms with van der Waals surface area (Å²) in [6, 6.07) is 6.12. The topological polar surface area (TPSA) is 51.5 Å². The molecule has 0 aliphatic heterocycles. The van der Waals surface area contributed by atoms with Crippen molar-refractivity contribution in [3.8, 4) is 5.75 Å². The number of fused-ring (bicyclic) bond motifs is 1. The molecule has 1 aromatic carbocycles. The van der Waals surface area contributed by atoms with Crippen LogP contribution in [0, 0.1) is 13.8 Å². The first kappa shape index (κ1) is 12.5. The molecular weight excluding hydrogens is 230 g/mol. The summed E-state index contributed by atoms with van der Waals surface area (Å²) in [7, 11) is 1.64. The summed E-state index contributed by atoms with van der Waals surface area (Å²) < 4.78 is 7.40. The normalized spacial score (nSPS) is 10.8. The third-order valence-electron chi connectivity index (χ3n) is 3.08. The Kier molecular flexibility index (Phi) is 3.28. The molecule has 2 aromatic rings. The maximum Gasteiger partial charge on any atom is 0.305 e. The monoisotopic (exact) mass is 247 g/mol. The van der Waals surface area contributed by atoms with Gasteiger partial charge in [0.1, 0.15) is 5.75 Å². The number of aryl methyl sites for hydroxylation is 3. The number of methoxy groups -OCH3 is 1. The number of carbonyl (C=O) groups is 1. The van der Waals surface area contributed by atoms with Crippen molar-refractivity contribution < 1.29 is 14.6 Å². The van der Waals surface area contributed by atoms with Gasteiger partial charge in [0.05, 0.1) is 19.0 Å². The first-order valence-corrected chi connectivity index (χ1v) is 5.89. The van der Waals surface area contributed by atoms with E-state index in [2.05, 4.69) is 12.1 Å². The van der Waals surface area contributed by atoms with Crippen molar-refractivity contribution in [2.24, 2.45) is 0 Å². The van der Waals surface area contributed by atoms with Crippen molar-refractivity contribution in [1.82, 2.24) is 4.57 Å². The molecule has 4 nitrogen and oxygen atoms in total. The Labute approximate surface area is 106 Å². The maximum absolute atomic E-state index is 10.7. The van der Waals surface area contributed by atoms with E-state index >= 15 is 0 Å². The van der Waals surface area contributed by atoms with Crippen LogP contribution in [0.15, 0.2) is 18.2 Å². The minimum Gasteiger partial charge on any atom is -0.495 e. The second kappa shape index (κ2) is 4.72. The summed E-state index contributed by atoms with van der Waals surface area (Å²) in [6.45, 7) is 4.46. The molecule has 0 saturated carbocycles. The predicted molar refractivity (Wildman–Crippen MR) is 70.2 cm³/mol. The lowest BCUT2D eigenvalue weighted by molar-refractivity contribution is -0.137. The van der Waals surface area contributed by atoms with Gasteiger partial charge in [-0.3, -0.25) is 4.79 Å². The highest BCUT2D eigenvalue weighted by molar-refractivity contribution is 5.88. The molecule has 0 aliphatic rings. The van der Waals surface area contributed by atoms with Crippen LogP contribution in [-0.2, 0) is 11.3 Å². The zero-order chi connectivity index (χ0) is 13.3. The molecule has 1 aromatic heterocycles. The molecule has 0 aliphatic carbocycles. The zero-order valence-electron chi connectivity index (χ0n) is 10.9. The van der Waals surface area contributed by atoms with E-state index in [1.165, 1.54) is 0 Å². The van der Waals surface area contributed by atoms with E-state index in [0.29, 0.717) is 6.54 Å². The van der Waals surface area contributed by atoms with Gasteiger partial charge in [0.25, 0.3) is 0 Å². The van der Waals surface area contributed by atoms with Crippen LogP contribution in [0.4, 0.5) is 0 Å². The number of ether oxygens (including phenoxy) is 1. The molecule has 1 N–H and O–H groups in total. The van der Waals surface area contributed by atoms with Gasteiger partial charge >= 0.3 is 5.97 Å². The van der Waals surface area contributed by atoms with E-state index in [1.54, 1.807) is 7.11 Å². The number of carboxylic acids is 1. The van der Waals surface area contributed by atoms with E-state index in [-0.39, 0.29) is 6.42 Å². The average molecular weight is 247 g/mol. The van der Waals surface area contributed by atoms with Crippen molar-refractivity contribution in [3.63, 3.8) is 0 Å². The summed E-state index contributed by atoms with van der Waals surface area (Å²) in [5, 5.41) is 9.89. The van der Waals surface area contributed by atoms with Crippen LogP contribution in [0.1, 0.15) is 17.7 Å². The van der Waals surface area contributed by atoms with Gasteiger partial charge in [0.15, 0.2) is 0 Å². The Bertz CT molecular complexity index is 599. The highest BCUT2D eigenvalue weighted by atomic mass is 16.5. The Hall–Kier alpha value is -1.97. The van der Waals surface area contributed by atoms with E-state index in [9.17, 15) is 4.79 Å². The van der Waals surface area contributed by atoms with Crippen LogP contribution in [0.5, 0.6) is 5.75 Å². The van der Waals surface area contributed by atoms with Gasteiger partial charge in [0.2, 0.25) is 0 Å². The molecule has 0 spiro atoms. The molecule has 0 amide bonds. The van der Waals surface area contributed by atoms with E-state index in [0.717, 1.165) is 27.9 Å². The lowest BCUT2D eigenvalue weighted by atomic mass is 10.1. The van der Waals surface area contributed by atoms with Crippen molar-refractivity contribution in [2.75, 3.05) is 7.11 Å². The Morgan fingerprint density at radius 3 is 2.67 bits per heavy atom. The van der Waals surface area contributed by atoms with E-state index < -0.39 is 5.97 Å². The molecule has 0 saturated heterocycles. The van der Waals surface area contributed by atoms with Crippen LogP contribution in [-0.4, -0.2) is 22.8 Å². The molecule has 96 valence electrons. The number of hydrogen-bond donors (Lipinski definition) is 1. The smallest absolute Gasteiger partial charge is 0.305 e. The third kappa shape index (κ3) is 2.18. The van der Waals surface area contributed by atoms with Crippen molar-refractivity contribution in [3.05, 3.63) is 29.5 Å². The molecular formula is C14H17NO3. The van der Waals surface area contributed by atoms with Gasteiger partial charge in [-0.1, -0.05) is 0 Å². The fraction of sp³-hybridized carbons (Fsp3) is 0.357. The van der Waals surface area contributed by atoms with Crippen LogP contribution in [0.2, 0.25) is 0 Å². The molecule has 0 radical (unpaired) electrons. The van der Waals surface area contributed by atoms with Crippen LogP contribution in [0.25, 0.3) is 10.9 Å². The highest BCUT2D eigenvalue weighted by Crippen LogP contribution is 2.30. The number of aliphatic carboxylic acids is 1. The zero-order valence-corrected chi connectivity index (χ0v) is 10.9. The summed E-state index contributed by atoms with van der Waals surface area (Å²) >= 11 is 0. The standard InChI is InChI=1S/C14H17NO3/c1-9-6-11-8-10(2)15(5-4-13(16)17)14(11)12(7-9)18-3/h6-8H,4-5H2,1-3H3,(H,16,17). The quantitative estimate of drug-likeness (QED) is 0.903. The Morgan fingerprint density at radius 2 is 2.06 bits per heavy atom. The van der Waals surface area contributed by atoms with Gasteiger partial charge in [-0.05, 0) is 37.6 Å². The molecule has 0 bridgehead atoms. The highest BCUT2D eigenvalue weighted by Gasteiger charge is 2.12. The second-order valence-electron chi connectivity index (χ2n) is 4.49. The van der Waals surface area contributed by atoms with Gasteiger partial charge < -0.3 is 14.4 Å². The summed E-state index contributed by atoms with van der Waals surface area (Å²) in [6.07, 6.45) is 0.113. The van der Waals surface area contributed by atoms with Crippen LogP contribution >= 0.6 is 0 Å².